The van der Waals surface area contributed by atoms with Crippen LogP contribution in [0.2, 0.25) is 0 Å². The second-order valence-electron chi connectivity index (χ2n) is 5.61. The molecule has 1 rings (SSSR count). The molecule has 1 saturated heterocycles. The summed E-state index contributed by atoms with van der Waals surface area (Å²) in [6, 6.07) is 2.52. The molecule has 98 valence electrons. The van der Waals surface area contributed by atoms with Gasteiger partial charge in [-0.3, -0.25) is 0 Å². The summed E-state index contributed by atoms with van der Waals surface area (Å²) in [6.45, 7) is 8.63. The van der Waals surface area contributed by atoms with Crippen molar-refractivity contribution in [2.75, 3.05) is 33.2 Å². The summed E-state index contributed by atoms with van der Waals surface area (Å²) in [7, 11) is 2.12. The molecule has 4 nitrogen and oxygen atoms in total. The first-order valence-electron chi connectivity index (χ1n) is 6.57. The van der Waals surface area contributed by atoms with Gasteiger partial charge >= 0.3 is 0 Å². The second kappa shape index (κ2) is 6.34. The lowest BCUT2D eigenvalue weighted by molar-refractivity contribution is 0.195. The predicted molar refractivity (Wildman–Crippen MR) is 70.6 cm³/mol. The van der Waals surface area contributed by atoms with Gasteiger partial charge in [-0.25, -0.2) is 0 Å². The number of rotatable bonds is 6. The van der Waals surface area contributed by atoms with Crippen molar-refractivity contribution in [3.05, 3.63) is 0 Å². The first-order valence-corrected chi connectivity index (χ1v) is 6.57. The molecule has 1 aliphatic rings. The van der Waals surface area contributed by atoms with E-state index >= 15 is 0 Å². The largest absolute Gasteiger partial charge is 0.314 e. The van der Waals surface area contributed by atoms with E-state index in [-0.39, 0.29) is 0 Å². The van der Waals surface area contributed by atoms with Crippen molar-refractivity contribution in [1.29, 1.82) is 5.26 Å². The minimum atomic E-state index is -0.707. The molecule has 2 unspecified atom stereocenters. The van der Waals surface area contributed by atoms with E-state index in [4.69, 9.17) is 11.0 Å². The molecule has 1 aliphatic heterocycles. The van der Waals surface area contributed by atoms with Crippen LogP contribution in [-0.2, 0) is 0 Å². The number of hydrogen-bond acceptors (Lipinski definition) is 4. The fourth-order valence-electron chi connectivity index (χ4n) is 2.34. The Morgan fingerprint density at radius 2 is 2.06 bits per heavy atom. The molecular formula is C13H26N4. The summed E-state index contributed by atoms with van der Waals surface area (Å²) in [6.07, 6.45) is 3.41. The summed E-state index contributed by atoms with van der Waals surface area (Å²) in [4.78, 5) is 4.82. The topological polar surface area (TPSA) is 56.3 Å². The maximum Gasteiger partial charge on any atom is 0.102 e. The Balaban J connectivity index is 2.26. The zero-order chi connectivity index (χ0) is 12.9. The van der Waals surface area contributed by atoms with Crippen LogP contribution in [0.1, 0.15) is 33.1 Å². The van der Waals surface area contributed by atoms with Gasteiger partial charge in [0.1, 0.15) is 5.54 Å². The van der Waals surface area contributed by atoms with E-state index in [9.17, 15) is 0 Å². The molecule has 0 aromatic carbocycles. The fraction of sp³-hybridized carbons (Fsp3) is 0.923. The average Bonchev–Trinajstić information content (AvgIpc) is 2.78. The number of nitrogens with zero attached hydrogens (tertiary/aromatic N) is 3. The predicted octanol–water partition coefficient (Wildman–Crippen LogP) is 1.03. The number of nitriles is 1. The Kier molecular flexibility index (Phi) is 5.38. The van der Waals surface area contributed by atoms with Gasteiger partial charge in [0.2, 0.25) is 0 Å². The summed E-state index contributed by atoms with van der Waals surface area (Å²) in [5, 5.41) is 8.93. The monoisotopic (exact) mass is 238 g/mol. The lowest BCUT2D eigenvalue weighted by atomic mass is 9.96. The highest BCUT2D eigenvalue weighted by molar-refractivity contribution is 5.02. The zero-order valence-electron chi connectivity index (χ0n) is 11.4. The van der Waals surface area contributed by atoms with E-state index in [1.165, 1.54) is 25.9 Å². The molecule has 0 radical (unpaired) electrons. The van der Waals surface area contributed by atoms with Crippen LogP contribution in [0.15, 0.2) is 0 Å². The summed E-state index contributed by atoms with van der Waals surface area (Å²) < 4.78 is 0. The molecule has 0 saturated carbocycles. The van der Waals surface area contributed by atoms with Gasteiger partial charge < -0.3 is 15.5 Å². The van der Waals surface area contributed by atoms with Gasteiger partial charge in [0.25, 0.3) is 0 Å². The molecule has 2 N–H and O–H groups in total. The molecule has 0 spiro atoms. The number of nitrogens with two attached hydrogens (primary N) is 1. The Hall–Kier alpha value is -0.630. The van der Waals surface area contributed by atoms with Crippen molar-refractivity contribution in [3.63, 3.8) is 0 Å². The van der Waals surface area contributed by atoms with E-state index < -0.39 is 5.54 Å². The molecule has 0 aromatic rings. The molecule has 2 atom stereocenters. The van der Waals surface area contributed by atoms with Crippen LogP contribution in [0.3, 0.4) is 0 Å². The molecule has 0 amide bonds. The summed E-state index contributed by atoms with van der Waals surface area (Å²) >= 11 is 0. The fourth-order valence-corrected chi connectivity index (χ4v) is 2.34. The highest BCUT2D eigenvalue weighted by atomic mass is 15.2. The van der Waals surface area contributed by atoms with E-state index in [1.807, 2.05) is 0 Å². The lowest BCUT2D eigenvalue weighted by Gasteiger charge is -2.30. The van der Waals surface area contributed by atoms with Gasteiger partial charge in [-0.05, 0) is 53.2 Å². The van der Waals surface area contributed by atoms with Gasteiger partial charge in [-0.15, -0.1) is 0 Å². The molecule has 1 heterocycles. The maximum absolute atomic E-state index is 8.93. The number of hydrogen-bond donors (Lipinski definition) is 1. The van der Waals surface area contributed by atoms with Crippen LogP contribution in [0.5, 0.6) is 0 Å². The van der Waals surface area contributed by atoms with Gasteiger partial charge in [-0.2, -0.15) is 5.26 Å². The van der Waals surface area contributed by atoms with E-state index in [1.54, 1.807) is 6.92 Å². The van der Waals surface area contributed by atoms with Crippen molar-refractivity contribution >= 4 is 0 Å². The van der Waals surface area contributed by atoms with Crippen molar-refractivity contribution in [2.45, 2.75) is 44.7 Å². The van der Waals surface area contributed by atoms with E-state index in [2.05, 4.69) is 29.8 Å². The highest BCUT2D eigenvalue weighted by Gasteiger charge is 2.23. The van der Waals surface area contributed by atoms with Gasteiger partial charge in [0, 0.05) is 19.1 Å². The Morgan fingerprint density at radius 1 is 1.47 bits per heavy atom. The summed E-state index contributed by atoms with van der Waals surface area (Å²) in [5.41, 5.74) is 5.17. The SMILES string of the molecule is CC(CC(C)(N)C#N)N(C)CCN1CCCC1. The van der Waals surface area contributed by atoms with Crippen LogP contribution in [-0.4, -0.2) is 54.6 Å². The molecule has 0 bridgehead atoms. The molecule has 0 aromatic heterocycles. The Bertz CT molecular complexity index is 263. The average molecular weight is 238 g/mol. The van der Waals surface area contributed by atoms with Gasteiger partial charge in [0.15, 0.2) is 0 Å². The normalized spacial score (nSPS) is 22.4. The molecule has 0 aliphatic carbocycles. The minimum absolute atomic E-state index is 0.354. The minimum Gasteiger partial charge on any atom is -0.314 e. The third kappa shape index (κ3) is 5.03. The molecule has 1 fully saturated rings. The third-order valence-corrected chi connectivity index (χ3v) is 3.69. The van der Waals surface area contributed by atoms with Crippen molar-refractivity contribution in [2.24, 2.45) is 5.73 Å². The lowest BCUT2D eigenvalue weighted by Crippen LogP contribution is -2.44. The van der Waals surface area contributed by atoms with Crippen molar-refractivity contribution in [1.82, 2.24) is 9.80 Å². The number of likely N-dealkylation sites (N-methyl/N-ethyl adjacent to an activating group) is 1. The van der Waals surface area contributed by atoms with Gasteiger partial charge in [-0.1, -0.05) is 0 Å². The molecule has 4 heteroatoms. The highest BCUT2D eigenvalue weighted by Crippen LogP contribution is 2.12. The molecule has 17 heavy (non-hydrogen) atoms. The molecular weight excluding hydrogens is 212 g/mol. The van der Waals surface area contributed by atoms with E-state index in [0.717, 1.165) is 19.5 Å². The smallest absolute Gasteiger partial charge is 0.102 e. The third-order valence-electron chi connectivity index (χ3n) is 3.69. The van der Waals surface area contributed by atoms with Crippen molar-refractivity contribution in [3.8, 4) is 6.07 Å². The van der Waals surface area contributed by atoms with Crippen LogP contribution < -0.4 is 5.73 Å². The zero-order valence-corrected chi connectivity index (χ0v) is 11.4. The second-order valence-corrected chi connectivity index (χ2v) is 5.61. The quantitative estimate of drug-likeness (QED) is 0.751. The first-order chi connectivity index (χ1) is 7.94. The Labute approximate surface area is 105 Å². The van der Waals surface area contributed by atoms with Gasteiger partial charge in [0.05, 0.1) is 6.07 Å². The van der Waals surface area contributed by atoms with Crippen LogP contribution in [0, 0.1) is 11.3 Å². The summed E-state index contributed by atoms with van der Waals surface area (Å²) in [5.74, 6) is 0. The first kappa shape index (κ1) is 14.4. The number of likely N-dealkylation sites (tertiary alicyclic amines) is 1. The van der Waals surface area contributed by atoms with Crippen LogP contribution in [0.4, 0.5) is 0 Å². The standard InChI is InChI=1S/C13H26N4/c1-12(10-13(2,15)11-14)16(3)8-9-17-6-4-5-7-17/h12H,4-10,15H2,1-3H3. The van der Waals surface area contributed by atoms with Crippen LogP contribution >= 0.6 is 0 Å². The van der Waals surface area contributed by atoms with Crippen molar-refractivity contribution < 1.29 is 0 Å². The Morgan fingerprint density at radius 3 is 2.59 bits per heavy atom. The maximum atomic E-state index is 8.93. The van der Waals surface area contributed by atoms with Crippen LogP contribution in [0.25, 0.3) is 0 Å². The van der Waals surface area contributed by atoms with E-state index in [0.29, 0.717) is 6.04 Å².